The number of para-hydroxylation sites is 2. The quantitative estimate of drug-likeness (QED) is 0.775. The Bertz CT molecular complexity index is 843. The summed E-state index contributed by atoms with van der Waals surface area (Å²) in [5.41, 5.74) is 0. The fraction of sp³-hybridized carbons (Fsp3) is 0.455. The average molecular weight is 398 g/mol. The molecule has 0 aliphatic carbocycles. The second-order valence-electron chi connectivity index (χ2n) is 7.42. The van der Waals surface area contributed by atoms with Crippen molar-refractivity contribution < 1.29 is 23.5 Å². The molecule has 154 valence electrons. The first kappa shape index (κ1) is 19.4. The Morgan fingerprint density at radius 2 is 1.86 bits per heavy atom. The van der Waals surface area contributed by atoms with E-state index in [1.165, 1.54) is 6.26 Å². The van der Waals surface area contributed by atoms with Gasteiger partial charge in [-0.25, -0.2) is 0 Å². The van der Waals surface area contributed by atoms with Gasteiger partial charge in [0.05, 0.1) is 12.8 Å². The monoisotopic (exact) mass is 398 g/mol. The third-order valence-electron chi connectivity index (χ3n) is 5.55. The smallest absolute Gasteiger partial charge is 0.289 e. The number of furan rings is 1. The number of rotatable bonds is 5. The fourth-order valence-corrected chi connectivity index (χ4v) is 3.92. The molecule has 1 unspecified atom stereocenters. The van der Waals surface area contributed by atoms with Crippen molar-refractivity contribution in [3.8, 4) is 11.5 Å². The summed E-state index contributed by atoms with van der Waals surface area (Å²) in [5, 5.41) is 0. The van der Waals surface area contributed by atoms with Gasteiger partial charge in [-0.05, 0) is 44.0 Å². The number of amides is 2. The van der Waals surface area contributed by atoms with Crippen LogP contribution in [0.2, 0.25) is 0 Å². The number of carbonyl (C=O) groups excluding carboxylic acids is 2. The van der Waals surface area contributed by atoms with Crippen LogP contribution < -0.4 is 9.47 Å². The molecule has 29 heavy (non-hydrogen) atoms. The molecule has 2 aliphatic rings. The number of ether oxygens (including phenoxy) is 2. The van der Waals surface area contributed by atoms with E-state index >= 15 is 0 Å². The lowest BCUT2D eigenvalue weighted by Crippen LogP contribution is -2.48. The molecular weight excluding hydrogens is 372 g/mol. The largest absolute Gasteiger partial charge is 0.486 e. The van der Waals surface area contributed by atoms with Crippen molar-refractivity contribution in [3.05, 3.63) is 48.4 Å². The summed E-state index contributed by atoms with van der Waals surface area (Å²) in [6.07, 6.45) is 2.63. The highest BCUT2D eigenvalue weighted by Crippen LogP contribution is 2.31. The van der Waals surface area contributed by atoms with E-state index in [0.29, 0.717) is 51.4 Å². The number of nitrogens with zero attached hydrogens (tertiary/aromatic N) is 2. The lowest BCUT2D eigenvalue weighted by molar-refractivity contribution is -0.138. The first-order valence-corrected chi connectivity index (χ1v) is 10.2. The molecule has 4 rings (SSSR count). The zero-order valence-corrected chi connectivity index (χ0v) is 16.6. The van der Waals surface area contributed by atoms with E-state index in [2.05, 4.69) is 0 Å². The highest BCUT2D eigenvalue weighted by molar-refractivity contribution is 5.91. The van der Waals surface area contributed by atoms with Crippen molar-refractivity contribution in [1.29, 1.82) is 0 Å². The Balaban J connectivity index is 1.31. The number of hydrogen-bond donors (Lipinski definition) is 0. The highest BCUT2D eigenvalue weighted by Gasteiger charge is 2.32. The van der Waals surface area contributed by atoms with E-state index in [1.807, 2.05) is 36.1 Å². The van der Waals surface area contributed by atoms with Crippen LogP contribution in [0.5, 0.6) is 11.5 Å². The fourth-order valence-electron chi connectivity index (χ4n) is 3.92. The third-order valence-corrected chi connectivity index (χ3v) is 5.55. The summed E-state index contributed by atoms with van der Waals surface area (Å²) in [6, 6.07) is 11.0. The van der Waals surface area contributed by atoms with Gasteiger partial charge in [0, 0.05) is 25.6 Å². The normalized spacial score (nSPS) is 19.1. The van der Waals surface area contributed by atoms with Crippen LogP contribution in [-0.2, 0) is 4.79 Å². The molecule has 1 aromatic carbocycles. The topological polar surface area (TPSA) is 72.2 Å². The van der Waals surface area contributed by atoms with Gasteiger partial charge in [-0.3, -0.25) is 9.59 Å². The number of carbonyl (C=O) groups is 2. The molecule has 1 fully saturated rings. The van der Waals surface area contributed by atoms with Crippen molar-refractivity contribution in [2.24, 2.45) is 5.92 Å². The minimum atomic E-state index is -0.186. The van der Waals surface area contributed by atoms with Gasteiger partial charge in [-0.15, -0.1) is 0 Å². The molecule has 0 saturated carbocycles. The number of hydrogen-bond acceptors (Lipinski definition) is 5. The average Bonchev–Trinajstić information content (AvgIpc) is 3.31. The predicted octanol–water partition coefficient (Wildman–Crippen LogP) is 2.82. The zero-order valence-electron chi connectivity index (χ0n) is 16.6. The Morgan fingerprint density at radius 3 is 2.55 bits per heavy atom. The van der Waals surface area contributed by atoms with Gasteiger partial charge in [0.15, 0.2) is 23.4 Å². The maximum absolute atomic E-state index is 13.1. The molecule has 0 spiro atoms. The number of benzene rings is 1. The molecule has 1 aromatic heterocycles. The van der Waals surface area contributed by atoms with Crippen molar-refractivity contribution in [1.82, 2.24) is 9.80 Å². The number of likely N-dealkylation sites (tertiary alicyclic amines) is 1. The maximum atomic E-state index is 13.1. The van der Waals surface area contributed by atoms with E-state index in [4.69, 9.17) is 13.9 Å². The van der Waals surface area contributed by atoms with Crippen LogP contribution in [0.15, 0.2) is 47.1 Å². The predicted molar refractivity (Wildman–Crippen MR) is 106 cm³/mol. The van der Waals surface area contributed by atoms with E-state index < -0.39 is 0 Å². The maximum Gasteiger partial charge on any atom is 0.289 e. The van der Waals surface area contributed by atoms with Gasteiger partial charge in [0.1, 0.15) is 6.61 Å². The molecule has 1 atom stereocenters. The Kier molecular flexibility index (Phi) is 5.74. The SMILES string of the molecule is CCN(CC1COc2ccccc2O1)C(=O)C1CCN(C(=O)c2ccco2)CC1. The summed E-state index contributed by atoms with van der Waals surface area (Å²) in [7, 11) is 0. The number of piperidine rings is 1. The summed E-state index contributed by atoms with van der Waals surface area (Å²) >= 11 is 0. The molecule has 2 amide bonds. The minimum absolute atomic E-state index is 0.0765. The first-order chi connectivity index (χ1) is 14.2. The van der Waals surface area contributed by atoms with Crippen molar-refractivity contribution in [2.45, 2.75) is 25.9 Å². The molecule has 0 radical (unpaired) electrons. The highest BCUT2D eigenvalue weighted by atomic mass is 16.6. The van der Waals surface area contributed by atoms with Gasteiger partial charge in [-0.1, -0.05) is 12.1 Å². The summed E-state index contributed by atoms with van der Waals surface area (Å²) < 4.78 is 17.0. The molecular formula is C22H26N2O5. The van der Waals surface area contributed by atoms with Gasteiger partial charge < -0.3 is 23.7 Å². The third kappa shape index (κ3) is 4.23. The Hall–Kier alpha value is -2.96. The van der Waals surface area contributed by atoms with Crippen molar-refractivity contribution in [2.75, 3.05) is 32.8 Å². The lowest BCUT2D eigenvalue weighted by atomic mass is 9.95. The van der Waals surface area contributed by atoms with Crippen molar-refractivity contribution >= 4 is 11.8 Å². The van der Waals surface area contributed by atoms with E-state index in [9.17, 15) is 9.59 Å². The molecule has 3 heterocycles. The zero-order chi connectivity index (χ0) is 20.2. The van der Waals surface area contributed by atoms with Gasteiger partial charge in [-0.2, -0.15) is 0 Å². The van der Waals surface area contributed by atoms with Crippen LogP contribution >= 0.6 is 0 Å². The van der Waals surface area contributed by atoms with Crippen LogP contribution in [0.3, 0.4) is 0 Å². The minimum Gasteiger partial charge on any atom is -0.486 e. The van der Waals surface area contributed by atoms with Crippen LogP contribution in [0, 0.1) is 5.92 Å². The van der Waals surface area contributed by atoms with Crippen LogP contribution in [0.4, 0.5) is 0 Å². The summed E-state index contributed by atoms with van der Waals surface area (Å²) in [4.78, 5) is 29.1. The summed E-state index contributed by atoms with van der Waals surface area (Å²) in [6.45, 7) is 4.64. The molecule has 2 aromatic rings. The Labute approximate surface area is 170 Å². The molecule has 1 saturated heterocycles. The van der Waals surface area contributed by atoms with E-state index in [0.717, 1.165) is 11.5 Å². The second-order valence-corrected chi connectivity index (χ2v) is 7.42. The van der Waals surface area contributed by atoms with Gasteiger partial charge >= 0.3 is 0 Å². The molecule has 7 nitrogen and oxygen atoms in total. The van der Waals surface area contributed by atoms with Gasteiger partial charge in [0.2, 0.25) is 5.91 Å². The van der Waals surface area contributed by atoms with Crippen LogP contribution in [0.25, 0.3) is 0 Å². The lowest BCUT2D eigenvalue weighted by Gasteiger charge is -2.35. The summed E-state index contributed by atoms with van der Waals surface area (Å²) in [5.74, 6) is 1.75. The standard InChI is InChI=1S/C22H26N2O5/c1-2-23(14-17-15-28-18-6-3-4-7-19(18)29-17)21(25)16-9-11-24(12-10-16)22(26)20-8-5-13-27-20/h3-8,13,16-17H,2,9-12,14-15H2,1H3. The van der Waals surface area contributed by atoms with Crippen LogP contribution in [-0.4, -0.2) is 60.5 Å². The van der Waals surface area contributed by atoms with Crippen molar-refractivity contribution in [3.63, 3.8) is 0 Å². The van der Waals surface area contributed by atoms with Gasteiger partial charge in [0.25, 0.3) is 5.91 Å². The van der Waals surface area contributed by atoms with Crippen LogP contribution in [0.1, 0.15) is 30.3 Å². The second kappa shape index (κ2) is 8.59. The Morgan fingerprint density at radius 1 is 1.10 bits per heavy atom. The molecule has 0 bridgehead atoms. The molecule has 0 N–H and O–H groups in total. The molecule has 7 heteroatoms. The number of fused-ring (bicyclic) bond motifs is 1. The van der Waals surface area contributed by atoms with E-state index in [1.54, 1.807) is 17.0 Å². The van der Waals surface area contributed by atoms with E-state index in [-0.39, 0.29) is 23.8 Å². The number of likely N-dealkylation sites (N-methyl/N-ethyl adjacent to an activating group) is 1. The molecule has 2 aliphatic heterocycles. The first-order valence-electron chi connectivity index (χ1n) is 10.2.